The van der Waals surface area contributed by atoms with E-state index in [9.17, 15) is 4.79 Å². The Kier molecular flexibility index (Phi) is 9.40. The summed E-state index contributed by atoms with van der Waals surface area (Å²) in [5.41, 5.74) is 0. The fourth-order valence-corrected chi connectivity index (χ4v) is 2.95. The lowest BCUT2D eigenvalue weighted by molar-refractivity contribution is -0.143. The van der Waals surface area contributed by atoms with Crippen molar-refractivity contribution >= 4 is 5.91 Å². The first-order valence-electron chi connectivity index (χ1n) is 8.68. The molecule has 2 unspecified atom stereocenters. The second-order valence-electron chi connectivity index (χ2n) is 6.29. The molecule has 0 aliphatic carbocycles. The van der Waals surface area contributed by atoms with Gasteiger partial charge in [-0.3, -0.25) is 4.79 Å². The van der Waals surface area contributed by atoms with Gasteiger partial charge in [0.05, 0.1) is 12.2 Å². The van der Waals surface area contributed by atoms with Crippen LogP contribution < -0.4 is 0 Å². The number of carbonyl (C=O) groups excluding carboxylic acids is 1. The van der Waals surface area contributed by atoms with Crippen LogP contribution in [0.15, 0.2) is 12.2 Å². The summed E-state index contributed by atoms with van der Waals surface area (Å²) in [7, 11) is 0. The number of morpholine rings is 1. The molecule has 0 aromatic heterocycles. The van der Waals surface area contributed by atoms with Crippen LogP contribution in [0.2, 0.25) is 0 Å². The summed E-state index contributed by atoms with van der Waals surface area (Å²) in [6.07, 6.45) is 14.0. The summed E-state index contributed by atoms with van der Waals surface area (Å²) in [5.74, 6) is 0.310. The first-order chi connectivity index (χ1) is 10.1. The van der Waals surface area contributed by atoms with E-state index in [2.05, 4.69) is 19.1 Å². The Hall–Kier alpha value is -0.830. The van der Waals surface area contributed by atoms with Gasteiger partial charge in [-0.15, -0.1) is 0 Å². The lowest BCUT2D eigenvalue weighted by atomic mass is 10.1. The minimum atomic E-state index is 0.176. The maximum atomic E-state index is 12.2. The van der Waals surface area contributed by atoms with E-state index >= 15 is 0 Å². The molecule has 3 nitrogen and oxygen atoms in total. The molecule has 0 spiro atoms. The number of rotatable bonds is 9. The molecule has 1 amide bonds. The van der Waals surface area contributed by atoms with Gasteiger partial charge in [-0.1, -0.05) is 37.8 Å². The third-order valence-electron chi connectivity index (χ3n) is 4.02. The number of nitrogens with zero attached hydrogens (tertiary/aromatic N) is 1. The standard InChI is InChI=1S/C18H33NO2/c1-4-5-6-7-8-9-10-11-12-13-18(20)19-14-16(2)21-17(3)15-19/h4-5,16-17H,6-15H2,1-3H3/b5-4+. The lowest BCUT2D eigenvalue weighted by Gasteiger charge is -2.35. The summed E-state index contributed by atoms with van der Waals surface area (Å²) < 4.78 is 5.67. The minimum absolute atomic E-state index is 0.176. The highest BCUT2D eigenvalue weighted by Crippen LogP contribution is 2.14. The van der Waals surface area contributed by atoms with Gasteiger partial charge in [-0.25, -0.2) is 0 Å². The van der Waals surface area contributed by atoms with E-state index in [1.54, 1.807) is 0 Å². The molecule has 1 aliphatic heterocycles. The largest absolute Gasteiger partial charge is 0.372 e. The van der Waals surface area contributed by atoms with E-state index in [1.165, 1.54) is 38.5 Å². The van der Waals surface area contributed by atoms with Gasteiger partial charge in [0.2, 0.25) is 5.91 Å². The van der Waals surface area contributed by atoms with Gasteiger partial charge in [0, 0.05) is 19.5 Å². The van der Waals surface area contributed by atoms with Gasteiger partial charge in [-0.05, 0) is 40.0 Å². The molecular weight excluding hydrogens is 262 g/mol. The van der Waals surface area contributed by atoms with Crippen molar-refractivity contribution in [3.63, 3.8) is 0 Å². The second-order valence-corrected chi connectivity index (χ2v) is 6.29. The molecule has 0 aromatic carbocycles. The van der Waals surface area contributed by atoms with Crippen molar-refractivity contribution in [2.24, 2.45) is 0 Å². The topological polar surface area (TPSA) is 29.5 Å². The molecule has 0 N–H and O–H groups in total. The van der Waals surface area contributed by atoms with E-state index in [0.717, 1.165) is 19.5 Å². The summed E-state index contributed by atoms with van der Waals surface area (Å²) in [6, 6.07) is 0. The van der Waals surface area contributed by atoms with Crippen LogP contribution in [0.5, 0.6) is 0 Å². The van der Waals surface area contributed by atoms with Gasteiger partial charge in [0.25, 0.3) is 0 Å². The Morgan fingerprint density at radius 2 is 1.62 bits per heavy atom. The number of carbonyl (C=O) groups is 1. The number of amides is 1. The Morgan fingerprint density at radius 1 is 1.05 bits per heavy atom. The Morgan fingerprint density at radius 3 is 2.24 bits per heavy atom. The number of unbranched alkanes of at least 4 members (excludes halogenated alkanes) is 6. The summed E-state index contributed by atoms with van der Waals surface area (Å²) >= 11 is 0. The van der Waals surface area contributed by atoms with Gasteiger partial charge in [-0.2, -0.15) is 0 Å². The van der Waals surface area contributed by atoms with E-state index in [4.69, 9.17) is 4.74 Å². The van der Waals surface area contributed by atoms with E-state index < -0.39 is 0 Å². The average molecular weight is 295 g/mol. The molecule has 0 aromatic rings. The summed E-state index contributed by atoms with van der Waals surface area (Å²) in [5, 5.41) is 0. The van der Waals surface area contributed by atoms with Gasteiger partial charge in [0.15, 0.2) is 0 Å². The molecule has 1 rings (SSSR count). The molecule has 1 fully saturated rings. The molecule has 1 saturated heterocycles. The Bertz CT molecular complexity index is 304. The van der Waals surface area contributed by atoms with Gasteiger partial charge in [0.1, 0.15) is 0 Å². The van der Waals surface area contributed by atoms with Crippen LogP contribution in [0.4, 0.5) is 0 Å². The van der Waals surface area contributed by atoms with Crippen LogP contribution in [-0.2, 0) is 9.53 Å². The van der Waals surface area contributed by atoms with Crippen LogP contribution in [-0.4, -0.2) is 36.1 Å². The number of hydrogen-bond donors (Lipinski definition) is 0. The third-order valence-corrected chi connectivity index (χ3v) is 4.02. The minimum Gasteiger partial charge on any atom is -0.372 e. The van der Waals surface area contributed by atoms with Crippen molar-refractivity contribution < 1.29 is 9.53 Å². The maximum Gasteiger partial charge on any atom is 0.222 e. The first-order valence-corrected chi connectivity index (χ1v) is 8.68. The van der Waals surface area contributed by atoms with Crippen molar-refractivity contribution in [2.75, 3.05) is 13.1 Å². The van der Waals surface area contributed by atoms with Crippen LogP contribution in [0.1, 0.15) is 72.1 Å². The molecular formula is C18H33NO2. The van der Waals surface area contributed by atoms with Crippen molar-refractivity contribution in [3.8, 4) is 0 Å². The smallest absolute Gasteiger partial charge is 0.222 e. The van der Waals surface area contributed by atoms with Crippen LogP contribution >= 0.6 is 0 Å². The highest BCUT2D eigenvalue weighted by atomic mass is 16.5. The monoisotopic (exact) mass is 295 g/mol. The van der Waals surface area contributed by atoms with E-state index in [0.29, 0.717) is 12.3 Å². The zero-order chi connectivity index (χ0) is 15.5. The molecule has 122 valence electrons. The Labute approximate surface area is 130 Å². The van der Waals surface area contributed by atoms with Crippen LogP contribution in [0.25, 0.3) is 0 Å². The Balaban J connectivity index is 2.00. The summed E-state index contributed by atoms with van der Waals surface area (Å²) in [4.78, 5) is 14.1. The molecule has 0 radical (unpaired) electrons. The zero-order valence-electron chi connectivity index (χ0n) is 14.1. The molecule has 1 aliphatic rings. The van der Waals surface area contributed by atoms with Crippen molar-refractivity contribution in [1.29, 1.82) is 0 Å². The van der Waals surface area contributed by atoms with Crippen LogP contribution in [0, 0.1) is 0 Å². The van der Waals surface area contributed by atoms with Gasteiger partial charge >= 0.3 is 0 Å². The number of allylic oxidation sites excluding steroid dienone is 2. The second kappa shape index (κ2) is 10.8. The maximum absolute atomic E-state index is 12.2. The number of hydrogen-bond acceptors (Lipinski definition) is 2. The highest BCUT2D eigenvalue weighted by Gasteiger charge is 2.25. The highest BCUT2D eigenvalue weighted by molar-refractivity contribution is 5.76. The summed E-state index contributed by atoms with van der Waals surface area (Å²) in [6.45, 7) is 7.68. The molecule has 21 heavy (non-hydrogen) atoms. The van der Waals surface area contributed by atoms with Gasteiger partial charge < -0.3 is 9.64 Å². The molecule has 3 heteroatoms. The molecule has 1 heterocycles. The zero-order valence-corrected chi connectivity index (χ0v) is 14.1. The quantitative estimate of drug-likeness (QED) is 0.468. The van der Waals surface area contributed by atoms with Crippen LogP contribution in [0.3, 0.4) is 0 Å². The third kappa shape index (κ3) is 8.25. The fourth-order valence-electron chi connectivity index (χ4n) is 2.95. The number of ether oxygens (including phenoxy) is 1. The lowest BCUT2D eigenvalue weighted by Crippen LogP contribution is -2.48. The predicted octanol–water partition coefficient (Wildman–Crippen LogP) is 4.32. The average Bonchev–Trinajstić information content (AvgIpc) is 2.44. The van der Waals surface area contributed by atoms with Crippen molar-refractivity contribution in [1.82, 2.24) is 4.90 Å². The fraction of sp³-hybridized carbons (Fsp3) is 0.833. The van der Waals surface area contributed by atoms with Crippen molar-refractivity contribution in [2.45, 2.75) is 84.3 Å². The molecule has 0 saturated carbocycles. The normalized spacial score (nSPS) is 22.9. The first kappa shape index (κ1) is 18.2. The predicted molar refractivity (Wildman–Crippen MR) is 88.3 cm³/mol. The molecule has 0 bridgehead atoms. The SMILES string of the molecule is C/C=C/CCCCCCCCC(=O)N1CC(C)OC(C)C1. The van der Waals surface area contributed by atoms with Crippen molar-refractivity contribution in [3.05, 3.63) is 12.2 Å². The molecule has 2 atom stereocenters. The van der Waals surface area contributed by atoms with E-state index in [-0.39, 0.29) is 12.2 Å². The van der Waals surface area contributed by atoms with E-state index in [1.807, 2.05) is 18.7 Å².